The van der Waals surface area contributed by atoms with E-state index in [1.54, 1.807) is 7.11 Å². The monoisotopic (exact) mass is 532 g/mol. The highest BCUT2D eigenvalue weighted by Gasteiger charge is 2.19. The van der Waals surface area contributed by atoms with Gasteiger partial charge in [0.05, 0.1) is 13.2 Å². The van der Waals surface area contributed by atoms with Gasteiger partial charge in [-0.3, -0.25) is 4.99 Å². The van der Waals surface area contributed by atoms with E-state index in [4.69, 9.17) is 14.5 Å². The lowest BCUT2D eigenvalue weighted by Crippen LogP contribution is -2.49. The molecule has 7 heteroatoms. The fraction of sp³-hybridized carbons (Fsp3) is 0.696. The van der Waals surface area contributed by atoms with Crippen LogP contribution in [0.25, 0.3) is 0 Å². The fourth-order valence-electron chi connectivity index (χ4n) is 3.35. The molecule has 0 unspecified atom stereocenters. The van der Waals surface area contributed by atoms with Crippen LogP contribution in [-0.4, -0.2) is 69.9 Å². The maximum atomic E-state index is 5.75. The molecule has 0 saturated carbocycles. The molecule has 1 aliphatic heterocycles. The van der Waals surface area contributed by atoms with E-state index in [2.05, 4.69) is 60.6 Å². The first-order valence-corrected chi connectivity index (χ1v) is 11.1. The van der Waals surface area contributed by atoms with E-state index < -0.39 is 0 Å². The molecule has 1 aromatic rings. The van der Waals surface area contributed by atoms with Crippen molar-refractivity contribution in [1.29, 1.82) is 0 Å². The van der Waals surface area contributed by atoms with Crippen molar-refractivity contribution in [3.8, 4) is 5.75 Å². The summed E-state index contributed by atoms with van der Waals surface area (Å²) in [6.07, 6.45) is 3.22. The Bertz CT molecular complexity index is 587. The maximum absolute atomic E-state index is 5.75. The minimum Gasteiger partial charge on any atom is -0.493 e. The highest BCUT2D eigenvalue weighted by molar-refractivity contribution is 14.0. The summed E-state index contributed by atoms with van der Waals surface area (Å²) in [4.78, 5) is 7.26. The molecule has 1 fully saturated rings. The SMILES string of the molecule is CCNC(=NCCc1ccc(OCC(C)C)cc1)NC1CCN(CCOC)CC1.I. The number of hydrogen-bond acceptors (Lipinski definition) is 4. The van der Waals surface area contributed by atoms with Crippen LogP contribution in [0, 0.1) is 5.92 Å². The van der Waals surface area contributed by atoms with Gasteiger partial charge in [0.2, 0.25) is 0 Å². The van der Waals surface area contributed by atoms with E-state index in [-0.39, 0.29) is 24.0 Å². The van der Waals surface area contributed by atoms with Gasteiger partial charge in [0.15, 0.2) is 5.96 Å². The second kappa shape index (κ2) is 15.7. The molecule has 1 aliphatic rings. The predicted molar refractivity (Wildman–Crippen MR) is 136 cm³/mol. The zero-order chi connectivity index (χ0) is 20.9. The third-order valence-corrected chi connectivity index (χ3v) is 5.06. The summed E-state index contributed by atoms with van der Waals surface area (Å²) in [5.41, 5.74) is 1.29. The molecular weight excluding hydrogens is 491 g/mol. The summed E-state index contributed by atoms with van der Waals surface area (Å²) in [6.45, 7) is 12.9. The van der Waals surface area contributed by atoms with Crippen molar-refractivity contribution in [2.45, 2.75) is 46.1 Å². The van der Waals surface area contributed by atoms with Crippen LogP contribution in [0.5, 0.6) is 5.75 Å². The van der Waals surface area contributed by atoms with E-state index in [9.17, 15) is 0 Å². The summed E-state index contributed by atoms with van der Waals surface area (Å²) >= 11 is 0. The first kappa shape index (κ1) is 27.0. The molecule has 2 rings (SSSR count). The smallest absolute Gasteiger partial charge is 0.191 e. The lowest BCUT2D eigenvalue weighted by molar-refractivity contribution is 0.128. The average Bonchev–Trinajstić information content (AvgIpc) is 2.73. The number of benzene rings is 1. The van der Waals surface area contributed by atoms with Gasteiger partial charge in [-0.25, -0.2) is 0 Å². The Hall–Kier alpha value is -1.06. The molecule has 0 aromatic heterocycles. The Kier molecular flexibility index (Phi) is 14.1. The molecule has 0 aliphatic carbocycles. The third kappa shape index (κ3) is 10.8. The summed E-state index contributed by atoms with van der Waals surface area (Å²) in [6, 6.07) is 8.89. The van der Waals surface area contributed by atoms with Gasteiger partial charge in [-0.15, -0.1) is 24.0 Å². The molecule has 30 heavy (non-hydrogen) atoms. The van der Waals surface area contributed by atoms with Crippen molar-refractivity contribution in [3.05, 3.63) is 29.8 Å². The lowest BCUT2D eigenvalue weighted by Gasteiger charge is -2.32. The van der Waals surface area contributed by atoms with Crippen molar-refractivity contribution < 1.29 is 9.47 Å². The van der Waals surface area contributed by atoms with Crippen molar-refractivity contribution >= 4 is 29.9 Å². The second-order valence-electron chi connectivity index (χ2n) is 8.11. The van der Waals surface area contributed by atoms with Crippen LogP contribution in [0.1, 0.15) is 39.2 Å². The van der Waals surface area contributed by atoms with Crippen LogP contribution >= 0.6 is 24.0 Å². The van der Waals surface area contributed by atoms with E-state index in [0.29, 0.717) is 12.0 Å². The first-order valence-electron chi connectivity index (χ1n) is 11.1. The number of methoxy groups -OCH3 is 1. The molecule has 0 amide bonds. The zero-order valence-electron chi connectivity index (χ0n) is 19.2. The molecule has 1 saturated heterocycles. The Morgan fingerprint density at radius 3 is 2.50 bits per heavy atom. The van der Waals surface area contributed by atoms with Crippen LogP contribution < -0.4 is 15.4 Å². The number of ether oxygens (including phenoxy) is 2. The summed E-state index contributed by atoms with van der Waals surface area (Å²) in [5, 5.41) is 7.00. The molecule has 0 bridgehead atoms. The van der Waals surface area contributed by atoms with Gasteiger partial charge >= 0.3 is 0 Å². The molecule has 1 aromatic carbocycles. The number of hydrogen-bond donors (Lipinski definition) is 2. The molecule has 0 spiro atoms. The minimum atomic E-state index is 0. The number of nitrogens with one attached hydrogen (secondary N) is 2. The number of halogens is 1. The van der Waals surface area contributed by atoms with Crippen molar-refractivity contribution in [2.24, 2.45) is 10.9 Å². The van der Waals surface area contributed by atoms with E-state index in [1.165, 1.54) is 5.56 Å². The Morgan fingerprint density at radius 1 is 1.20 bits per heavy atom. The Labute approximate surface area is 200 Å². The van der Waals surface area contributed by atoms with Crippen molar-refractivity contribution in [2.75, 3.05) is 53.0 Å². The number of guanidine groups is 1. The van der Waals surface area contributed by atoms with Gasteiger partial charge in [-0.2, -0.15) is 0 Å². The van der Waals surface area contributed by atoms with E-state index in [0.717, 1.165) is 76.9 Å². The molecule has 0 radical (unpaired) electrons. The van der Waals surface area contributed by atoms with E-state index >= 15 is 0 Å². The van der Waals surface area contributed by atoms with Crippen LogP contribution in [0.2, 0.25) is 0 Å². The Balaban J connectivity index is 0.00000450. The fourth-order valence-corrected chi connectivity index (χ4v) is 3.35. The highest BCUT2D eigenvalue weighted by Crippen LogP contribution is 2.14. The van der Waals surface area contributed by atoms with Gasteiger partial charge in [-0.1, -0.05) is 26.0 Å². The van der Waals surface area contributed by atoms with Gasteiger partial charge in [-0.05, 0) is 49.8 Å². The molecule has 2 N–H and O–H groups in total. The zero-order valence-corrected chi connectivity index (χ0v) is 21.5. The summed E-state index contributed by atoms with van der Waals surface area (Å²) in [7, 11) is 1.77. The van der Waals surface area contributed by atoms with Crippen LogP contribution in [0.3, 0.4) is 0 Å². The standard InChI is InChI=1S/C23H40N4O2.HI/c1-5-24-23(26-21-11-14-27(15-12-21)16-17-28-4)25-13-10-20-6-8-22(9-7-20)29-18-19(2)3;/h6-9,19,21H,5,10-18H2,1-4H3,(H2,24,25,26);1H. The largest absolute Gasteiger partial charge is 0.493 e. The molecule has 6 nitrogen and oxygen atoms in total. The topological polar surface area (TPSA) is 58.1 Å². The first-order chi connectivity index (χ1) is 14.1. The quantitative estimate of drug-likeness (QED) is 0.260. The number of rotatable bonds is 11. The van der Waals surface area contributed by atoms with Crippen molar-refractivity contribution in [1.82, 2.24) is 15.5 Å². The van der Waals surface area contributed by atoms with E-state index in [1.807, 2.05) is 0 Å². The number of aliphatic imine (C=N–C) groups is 1. The van der Waals surface area contributed by atoms with Gasteiger partial charge in [0.1, 0.15) is 5.75 Å². The number of likely N-dealkylation sites (tertiary alicyclic amines) is 1. The van der Waals surface area contributed by atoms with Crippen molar-refractivity contribution in [3.63, 3.8) is 0 Å². The third-order valence-electron chi connectivity index (χ3n) is 5.06. The molecule has 0 atom stereocenters. The van der Waals surface area contributed by atoms with Gasteiger partial charge in [0.25, 0.3) is 0 Å². The lowest BCUT2D eigenvalue weighted by atomic mass is 10.1. The van der Waals surface area contributed by atoms with Crippen LogP contribution in [0.4, 0.5) is 0 Å². The average molecular weight is 533 g/mol. The second-order valence-corrected chi connectivity index (χ2v) is 8.11. The normalized spacial score (nSPS) is 15.7. The summed E-state index contributed by atoms with van der Waals surface area (Å²) < 4.78 is 10.9. The summed E-state index contributed by atoms with van der Waals surface area (Å²) in [5.74, 6) is 2.41. The van der Waals surface area contributed by atoms with Gasteiger partial charge < -0.3 is 25.0 Å². The predicted octanol–water partition coefficient (Wildman–Crippen LogP) is 3.55. The van der Waals surface area contributed by atoms with Crippen LogP contribution in [-0.2, 0) is 11.2 Å². The molecule has 172 valence electrons. The molecular formula is C23H41IN4O2. The number of piperidine rings is 1. The number of nitrogens with zero attached hydrogens (tertiary/aromatic N) is 2. The molecule has 1 heterocycles. The maximum Gasteiger partial charge on any atom is 0.191 e. The Morgan fingerprint density at radius 2 is 1.90 bits per heavy atom. The minimum absolute atomic E-state index is 0. The van der Waals surface area contributed by atoms with Crippen LogP contribution in [0.15, 0.2) is 29.3 Å². The highest BCUT2D eigenvalue weighted by atomic mass is 127. The van der Waals surface area contributed by atoms with Gasteiger partial charge in [0, 0.05) is 45.9 Å².